The molecule has 0 spiro atoms. The molecule has 0 bridgehead atoms. The Labute approximate surface area is 207 Å². The number of ether oxygens (including phenoxy) is 2. The molecule has 1 saturated heterocycles. The summed E-state index contributed by atoms with van der Waals surface area (Å²) in [6, 6.07) is 9.21. The van der Waals surface area contributed by atoms with Crippen molar-refractivity contribution in [3.8, 4) is 17.1 Å². The number of para-hydroxylation sites is 1. The van der Waals surface area contributed by atoms with Crippen LogP contribution in [-0.4, -0.2) is 46.3 Å². The van der Waals surface area contributed by atoms with Gasteiger partial charge in [-0.05, 0) is 43.9 Å². The first-order valence-electron chi connectivity index (χ1n) is 12.2. The van der Waals surface area contributed by atoms with Crippen LogP contribution in [0.1, 0.15) is 35.2 Å². The van der Waals surface area contributed by atoms with Gasteiger partial charge in [-0.3, -0.25) is 4.79 Å². The number of pyridine rings is 1. The summed E-state index contributed by atoms with van der Waals surface area (Å²) in [6.45, 7) is 3.74. The van der Waals surface area contributed by atoms with Crippen molar-refractivity contribution >= 4 is 28.3 Å². The highest BCUT2D eigenvalue weighted by atomic mass is 19.1. The fraction of sp³-hybridized carbons (Fsp3) is 0.370. The second-order valence-corrected chi connectivity index (χ2v) is 9.80. The van der Waals surface area contributed by atoms with Crippen molar-refractivity contribution in [3.05, 3.63) is 53.5 Å². The van der Waals surface area contributed by atoms with Crippen molar-refractivity contribution in [1.82, 2.24) is 19.5 Å². The quantitative estimate of drug-likeness (QED) is 0.394. The van der Waals surface area contributed by atoms with Gasteiger partial charge in [0.2, 0.25) is 5.91 Å². The van der Waals surface area contributed by atoms with Crippen molar-refractivity contribution in [3.63, 3.8) is 0 Å². The SMILES string of the molecule is COC(=O)c1cc(F)c2c(C)c(-c3cc4cccc(OCC5CNC(=O)C5)c4n3CC3CC3)nn2c1. The third kappa shape index (κ3) is 3.88. The molecule has 1 aliphatic heterocycles. The van der Waals surface area contributed by atoms with E-state index in [0.29, 0.717) is 42.3 Å². The molecule has 3 aromatic heterocycles. The number of halogens is 1. The average Bonchev–Trinajstić information content (AvgIpc) is 3.32. The average molecular weight is 491 g/mol. The molecule has 1 saturated carbocycles. The lowest BCUT2D eigenvalue weighted by atomic mass is 10.1. The van der Waals surface area contributed by atoms with Crippen LogP contribution in [0, 0.1) is 24.6 Å². The lowest BCUT2D eigenvalue weighted by molar-refractivity contribution is -0.119. The molecule has 1 atom stereocenters. The van der Waals surface area contributed by atoms with E-state index in [1.807, 2.05) is 25.1 Å². The summed E-state index contributed by atoms with van der Waals surface area (Å²) < 4.78 is 29.7. The number of nitrogens with one attached hydrogen (secondary N) is 1. The Balaban J connectivity index is 1.46. The van der Waals surface area contributed by atoms with E-state index >= 15 is 4.39 Å². The molecule has 6 rings (SSSR count). The second-order valence-electron chi connectivity index (χ2n) is 9.80. The summed E-state index contributed by atoms with van der Waals surface area (Å²) >= 11 is 0. The van der Waals surface area contributed by atoms with Gasteiger partial charge in [0.15, 0.2) is 0 Å². The zero-order valence-corrected chi connectivity index (χ0v) is 20.2. The fourth-order valence-corrected chi connectivity index (χ4v) is 5.09. The number of aromatic nitrogens is 3. The van der Waals surface area contributed by atoms with E-state index in [2.05, 4.69) is 16.0 Å². The topological polar surface area (TPSA) is 86.9 Å². The third-order valence-corrected chi connectivity index (χ3v) is 7.14. The van der Waals surface area contributed by atoms with Gasteiger partial charge >= 0.3 is 5.97 Å². The largest absolute Gasteiger partial charge is 0.491 e. The van der Waals surface area contributed by atoms with Gasteiger partial charge in [0.25, 0.3) is 0 Å². The Kier molecular flexibility index (Phi) is 5.43. The molecule has 4 heterocycles. The van der Waals surface area contributed by atoms with Crippen molar-refractivity contribution in [1.29, 1.82) is 0 Å². The molecular formula is C27H27FN4O4. The molecule has 4 aromatic rings. The molecule has 186 valence electrons. The van der Waals surface area contributed by atoms with E-state index in [4.69, 9.17) is 14.6 Å². The number of aryl methyl sites for hydroxylation is 1. The van der Waals surface area contributed by atoms with Crippen LogP contribution in [0.2, 0.25) is 0 Å². The minimum Gasteiger partial charge on any atom is -0.491 e. The lowest BCUT2D eigenvalue weighted by Gasteiger charge is -2.15. The highest BCUT2D eigenvalue weighted by Crippen LogP contribution is 2.40. The number of amides is 1. The molecule has 36 heavy (non-hydrogen) atoms. The van der Waals surface area contributed by atoms with Crippen LogP contribution in [0.4, 0.5) is 4.39 Å². The van der Waals surface area contributed by atoms with Crippen LogP contribution in [-0.2, 0) is 16.1 Å². The number of fused-ring (bicyclic) bond motifs is 2. The van der Waals surface area contributed by atoms with Gasteiger partial charge in [0, 0.05) is 42.6 Å². The monoisotopic (exact) mass is 490 g/mol. The second kappa shape index (κ2) is 8.65. The number of benzene rings is 1. The molecule has 1 N–H and O–H groups in total. The standard InChI is InChI=1S/C27H27FN4O4/c1-15-24(30-32-13-19(27(34)35-2)9-20(28)25(15)32)21-10-18-4-3-5-22(26(18)31(21)12-16-6-7-16)36-14-17-8-23(33)29-11-17/h3-5,9-10,13,16-17H,6-8,11-12,14H2,1-2H3,(H,29,33). The molecule has 1 amide bonds. The molecule has 2 aliphatic rings. The third-order valence-electron chi connectivity index (χ3n) is 7.14. The molecule has 2 fully saturated rings. The van der Waals surface area contributed by atoms with Gasteiger partial charge in [0.1, 0.15) is 22.8 Å². The Morgan fingerprint density at radius 2 is 2.06 bits per heavy atom. The summed E-state index contributed by atoms with van der Waals surface area (Å²) in [7, 11) is 1.27. The number of hydrogen-bond acceptors (Lipinski definition) is 5. The highest BCUT2D eigenvalue weighted by molar-refractivity contribution is 5.93. The van der Waals surface area contributed by atoms with Crippen LogP contribution >= 0.6 is 0 Å². The molecular weight excluding hydrogens is 463 g/mol. The number of carbonyl (C=O) groups excluding carboxylic acids is 2. The predicted molar refractivity (Wildman–Crippen MR) is 131 cm³/mol. The smallest absolute Gasteiger partial charge is 0.339 e. The zero-order chi connectivity index (χ0) is 25.0. The summed E-state index contributed by atoms with van der Waals surface area (Å²) in [6.07, 6.45) is 4.31. The number of rotatable bonds is 7. The van der Waals surface area contributed by atoms with E-state index in [0.717, 1.165) is 28.9 Å². The van der Waals surface area contributed by atoms with Crippen molar-refractivity contribution in [2.24, 2.45) is 11.8 Å². The van der Waals surface area contributed by atoms with E-state index in [1.54, 1.807) is 0 Å². The Bertz CT molecular complexity index is 1520. The normalized spacial score (nSPS) is 17.6. The molecule has 9 heteroatoms. The number of carbonyl (C=O) groups is 2. The summed E-state index contributed by atoms with van der Waals surface area (Å²) in [5.41, 5.74) is 3.64. The van der Waals surface area contributed by atoms with Gasteiger partial charge < -0.3 is 19.4 Å². The summed E-state index contributed by atoms with van der Waals surface area (Å²) in [4.78, 5) is 23.6. The maximum atomic E-state index is 15.1. The maximum Gasteiger partial charge on any atom is 0.339 e. The number of methoxy groups -OCH3 is 1. The Hall–Kier alpha value is -3.88. The van der Waals surface area contributed by atoms with Gasteiger partial charge in [-0.15, -0.1) is 0 Å². The van der Waals surface area contributed by atoms with Gasteiger partial charge in [-0.1, -0.05) is 12.1 Å². The molecule has 1 unspecified atom stereocenters. The summed E-state index contributed by atoms with van der Waals surface area (Å²) in [5, 5.41) is 8.58. The first-order valence-corrected chi connectivity index (χ1v) is 12.2. The molecule has 8 nitrogen and oxygen atoms in total. The first-order chi connectivity index (χ1) is 17.4. The van der Waals surface area contributed by atoms with Crippen LogP contribution in [0.15, 0.2) is 36.5 Å². The van der Waals surface area contributed by atoms with Gasteiger partial charge in [0.05, 0.1) is 30.5 Å². The number of nitrogens with zero attached hydrogens (tertiary/aromatic N) is 3. The van der Waals surface area contributed by atoms with E-state index < -0.39 is 11.8 Å². The van der Waals surface area contributed by atoms with Crippen LogP contribution in [0.5, 0.6) is 5.75 Å². The van der Waals surface area contributed by atoms with Crippen LogP contribution in [0.25, 0.3) is 27.8 Å². The highest BCUT2D eigenvalue weighted by Gasteiger charge is 2.28. The van der Waals surface area contributed by atoms with E-state index in [1.165, 1.54) is 36.7 Å². The number of esters is 1. The predicted octanol–water partition coefficient (Wildman–Crippen LogP) is 4.12. The Morgan fingerprint density at radius 3 is 2.78 bits per heavy atom. The lowest BCUT2D eigenvalue weighted by Crippen LogP contribution is -2.17. The minimum atomic E-state index is -0.616. The van der Waals surface area contributed by atoms with E-state index in [-0.39, 0.29) is 17.4 Å². The van der Waals surface area contributed by atoms with Gasteiger partial charge in [-0.2, -0.15) is 5.10 Å². The van der Waals surface area contributed by atoms with Gasteiger partial charge in [-0.25, -0.2) is 13.7 Å². The zero-order valence-electron chi connectivity index (χ0n) is 20.2. The Morgan fingerprint density at radius 1 is 1.22 bits per heavy atom. The van der Waals surface area contributed by atoms with Crippen molar-refractivity contribution in [2.45, 2.75) is 32.7 Å². The number of hydrogen-bond donors (Lipinski definition) is 1. The molecule has 0 radical (unpaired) electrons. The first kappa shape index (κ1) is 22.6. The minimum absolute atomic E-state index is 0.0612. The van der Waals surface area contributed by atoms with Crippen LogP contribution in [0.3, 0.4) is 0 Å². The van der Waals surface area contributed by atoms with Crippen LogP contribution < -0.4 is 10.1 Å². The molecule has 1 aliphatic carbocycles. The van der Waals surface area contributed by atoms with Crippen molar-refractivity contribution in [2.75, 3.05) is 20.3 Å². The molecule has 1 aromatic carbocycles. The maximum absolute atomic E-state index is 15.1. The summed E-state index contributed by atoms with van der Waals surface area (Å²) in [5.74, 6) is 0.401. The fourth-order valence-electron chi connectivity index (χ4n) is 5.09. The van der Waals surface area contributed by atoms with E-state index in [9.17, 15) is 9.59 Å². The van der Waals surface area contributed by atoms with Crippen molar-refractivity contribution < 1.29 is 23.5 Å².